The Morgan fingerprint density at radius 2 is 1.86 bits per heavy atom. The summed E-state index contributed by atoms with van der Waals surface area (Å²) in [7, 11) is 3.16. The fourth-order valence-corrected chi connectivity index (χ4v) is 3.30. The Kier molecular flexibility index (Phi) is 5.69. The highest BCUT2D eigenvalue weighted by Gasteiger charge is 2.32. The molecule has 0 spiro atoms. The number of hydrogen-bond donors (Lipinski definition) is 0. The SMILES string of the molecule is COc1cc2cnc(N3CCN(C(=O)OC(C)(C)C)CC3Cl)nc2cc1OC. The Bertz CT molecular complexity index is 871. The highest BCUT2D eigenvalue weighted by molar-refractivity contribution is 6.22. The highest BCUT2D eigenvalue weighted by Crippen LogP contribution is 2.32. The second-order valence-corrected chi connectivity index (χ2v) is 7.99. The molecule has 28 heavy (non-hydrogen) atoms. The van der Waals surface area contributed by atoms with E-state index in [2.05, 4.69) is 9.97 Å². The lowest BCUT2D eigenvalue weighted by molar-refractivity contribution is 0.0231. The number of alkyl halides is 1. The maximum atomic E-state index is 12.3. The van der Waals surface area contributed by atoms with E-state index < -0.39 is 11.1 Å². The second-order valence-electron chi connectivity index (χ2n) is 7.49. The second kappa shape index (κ2) is 7.87. The zero-order valence-electron chi connectivity index (χ0n) is 16.7. The van der Waals surface area contributed by atoms with Gasteiger partial charge >= 0.3 is 6.09 Å². The van der Waals surface area contributed by atoms with Crippen LogP contribution in [0.1, 0.15) is 20.8 Å². The monoisotopic (exact) mass is 408 g/mol. The van der Waals surface area contributed by atoms with Crippen molar-refractivity contribution in [3.05, 3.63) is 18.3 Å². The number of ether oxygens (including phenoxy) is 3. The van der Waals surface area contributed by atoms with Gasteiger partial charge in [0.05, 0.1) is 26.3 Å². The molecule has 1 aliphatic rings. The van der Waals surface area contributed by atoms with Crippen molar-refractivity contribution in [2.24, 2.45) is 0 Å². The van der Waals surface area contributed by atoms with Gasteiger partial charge in [0.2, 0.25) is 5.95 Å². The van der Waals surface area contributed by atoms with E-state index in [-0.39, 0.29) is 6.09 Å². The van der Waals surface area contributed by atoms with Gasteiger partial charge in [-0.1, -0.05) is 11.6 Å². The number of rotatable bonds is 3. The summed E-state index contributed by atoms with van der Waals surface area (Å²) >= 11 is 6.54. The van der Waals surface area contributed by atoms with Crippen LogP contribution in [0.2, 0.25) is 0 Å². The Morgan fingerprint density at radius 1 is 1.18 bits per heavy atom. The molecule has 1 amide bonds. The van der Waals surface area contributed by atoms with Crippen molar-refractivity contribution in [3.8, 4) is 11.5 Å². The van der Waals surface area contributed by atoms with Crippen molar-refractivity contribution < 1.29 is 19.0 Å². The number of methoxy groups -OCH3 is 2. The molecule has 0 aliphatic carbocycles. The van der Waals surface area contributed by atoms with E-state index in [0.29, 0.717) is 37.1 Å². The van der Waals surface area contributed by atoms with Gasteiger partial charge in [-0.15, -0.1) is 0 Å². The number of aromatic nitrogens is 2. The van der Waals surface area contributed by atoms with E-state index in [1.807, 2.05) is 31.7 Å². The van der Waals surface area contributed by atoms with E-state index >= 15 is 0 Å². The summed E-state index contributed by atoms with van der Waals surface area (Å²) in [6, 6.07) is 3.64. The third-order valence-corrected chi connectivity index (χ3v) is 4.67. The first-order valence-electron chi connectivity index (χ1n) is 8.99. The summed E-state index contributed by atoms with van der Waals surface area (Å²) in [5, 5.41) is 0.833. The number of piperazine rings is 1. The molecule has 3 rings (SSSR count). The predicted molar refractivity (Wildman–Crippen MR) is 107 cm³/mol. The van der Waals surface area contributed by atoms with Gasteiger partial charge in [-0.05, 0) is 26.8 Å². The molecule has 152 valence electrons. The molecule has 1 saturated heterocycles. The first-order valence-corrected chi connectivity index (χ1v) is 9.43. The smallest absolute Gasteiger partial charge is 0.410 e. The van der Waals surface area contributed by atoms with Crippen LogP contribution in [-0.4, -0.2) is 65.9 Å². The molecule has 0 saturated carbocycles. The highest BCUT2D eigenvalue weighted by atomic mass is 35.5. The number of nitrogens with zero attached hydrogens (tertiary/aromatic N) is 4. The first-order chi connectivity index (χ1) is 13.2. The lowest BCUT2D eigenvalue weighted by Crippen LogP contribution is -2.54. The van der Waals surface area contributed by atoms with Crippen LogP contribution >= 0.6 is 11.6 Å². The summed E-state index contributed by atoms with van der Waals surface area (Å²) in [5.74, 6) is 1.72. The molecule has 0 N–H and O–H groups in total. The molecule has 1 unspecified atom stereocenters. The van der Waals surface area contributed by atoms with Crippen LogP contribution in [0.15, 0.2) is 18.3 Å². The summed E-state index contributed by atoms with van der Waals surface area (Å²) in [6.45, 7) is 6.82. The van der Waals surface area contributed by atoms with Gasteiger partial charge in [-0.2, -0.15) is 0 Å². The first kappa shape index (κ1) is 20.3. The molecular formula is C19H25ClN4O4. The molecule has 1 fully saturated rings. The Hall–Kier alpha value is -2.48. The molecule has 1 atom stereocenters. The number of fused-ring (bicyclic) bond motifs is 1. The van der Waals surface area contributed by atoms with Crippen LogP contribution < -0.4 is 14.4 Å². The number of carbonyl (C=O) groups is 1. The molecule has 0 bridgehead atoms. The number of hydrogen-bond acceptors (Lipinski definition) is 7. The van der Waals surface area contributed by atoms with Crippen molar-refractivity contribution in [1.82, 2.24) is 14.9 Å². The largest absolute Gasteiger partial charge is 0.493 e. The molecule has 8 nitrogen and oxygen atoms in total. The average Bonchev–Trinajstić information content (AvgIpc) is 2.65. The van der Waals surface area contributed by atoms with Gasteiger partial charge in [-0.3, -0.25) is 0 Å². The number of anilines is 1. The van der Waals surface area contributed by atoms with Gasteiger partial charge < -0.3 is 24.0 Å². The summed E-state index contributed by atoms with van der Waals surface area (Å²) in [6.07, 6.45) is 1.36. The fraction of sp³-hybridized carbons (Fsp3) is 0.526. The van der Waals surface area contributed by atoms with Crippen LogP contribution in [0.4, 0.5) is 10.7 Å². The molecular weight excluding hydrogens is 384 g/mol. The lowest BCUT2D eigenvalue weighted by Gasteiger charge is -2.38. The summed E-state index contributed by atoms with van der Waals surface area (Å²) in [4.78, 5) is 24.8. The van der Waals surface area contributed by atoms with E-state index in [4.69, 9.17) is 25.8 Å². The van der Waals surface area contributed by atoms with Gasteiger partial charge in [0.15, 0.2) is 11.5 Å². The predicted octanol–water partition coefficient (Wildman–Crippen LogP) is 3.27. The topological polar surface area (TPSA) is 77.0 Å². The van der Waals surface area contributed by atoms with E-state index in [0.717, 1.165) is 10.9 Å². The molecule has 2 aromatic rings. The number of benzene rings is 1. The van der Waals surface area contributed by atoms with Gasteiger partial charge in [0.25, 0.3) is 0 Å². The van der Waals surface area contributed by atoms with Crippen molar-refractivity contribution >= 4 is 34.5 Å². The quantitative estimate of drug-likeness (QED) is 0.569. The Labute approximate surface area is 169 Å². The van der Waals surface area contributed by atoms with Crippen LogP contribution in [0, 0.1) is 0 Å². The Morgan fingerprint density at radius 3 is 2.46 bits per heavy atom. The van der Waals surface area contributed by atoms with E-state index in [1.54, 1.807) is 31.4 Å². The van der Waals surface area contributed by atoms with E-state index in [1.165, 1.54) is 0 Å². The third kappa shape index (κ3) is 4.32. The van der Waals surface area contributed by atoms with Crippen molar-refractivity contribution in [1.29, 1.82) is 0 Å². The van der Waals surface area contributed by atoms with Crippen molar-refractivity contribution in [2.75, 3.05) is 38.8 Å². The molecule has 9 heteroatoms. The number of halogens is 1. The van der Waals surface area contributed by atoms with Crippen molar-refractivity contribution in [3.63, 3.8) is 0 Å². The van der Waals surface area contributed by atoms with Crippen LogP contribution in [-0.2, 0) is 4.74 Å². The zero-order chi connectivity index (χ0) is 20.5. The molecule has 1 aromatic carbocycles. The van der Waals surface area contributed by atoms with Crippen LogP contribution in [0.5, 0.6) is 11.5 Å². The van der Waals surface area contributed by atoms with E-state index in [9.17, 15) is 4.79 Å². The van der Waals surface area contributed by atoms with Crippen LogP contribution in [0.3, 0.4) is 0 Å². The lowest BCUT2D eigenvalue weighted by atomic mass is 10.2. The average molecular weight is 409 g/mol. The third-order valence-electron chi connectivity index (χ3n) is 4.30. The standard InChI is InChI=1S/C19H25ClN4O4/c1-19(2,3)28-18(25)23-6-7-24(16(20)11-23)17-21-10-12-8-14(26-4)15(27-5)9-13(12)22-17/h8-10,16H,6-7,11H2,1-5H3. The summed E-state index contributed by atoms with van der Waals surface area (Å²) < 4.78 is 16.1. The number of carbonyl (C=O) groups excluding carboxylic acids is 1. The molecule has 1 aromatic heterocycles. The minimum absolute atomic E-state index is 0.323. The minimum Gasteiger partial charge on any atom is -0.493 e. The van der Waals surface area contributed by atoms with Gasteiger partial charge in [0, 0.05) is 30.7 Å². The number of amides is 1. The molecule has 0 radical (unpaired) electrons. The van der Waals surface area contributed by atoms with Crippen molar-refractivity contribution in [2.45, 2.75) is 31.9 Å². The summed E-state index contributed by atoms with van der Waals surface area (Å²) in [5.41, 5.74) is -0.280. The molecule has 2 heterocycles. The zero-order valence-corrected chi connectivity index (χ0v) is 17.5. The van der Waals surface area contributed by atoms with Gasteiger partial charge in [0.1, 0.15) is 11.1 Å². The Balaban J connectivity index is 1.79. The fourth-order valence-electron chi connectivity index (χ4n) is 2.94. The van der Waals surface area contributed by atoms with Crippen LogP contribution in [0.25, 0.3) is 10.9 Å². The minimum atomic E-state index is -0.544. The van der Waals surface area contributed by atoms with Gasteiger partial charge in [-0.25, -0.2) is 14.8 Å². The maximum Gasteiger partial charge on any atom is 0.410 e. The maximum absolute atomic E-state index is 12.3. The normalized spacial score (nSPS) is 17.6. The molecule has 1 aliphatic heterocycles.